The molecule has 0 unspecified atom stereocenters. The molecule has 0 spiro atoms. The van der Waals surface area contributed by atoms with Crippen molar-refractivity contribution < 1.29 is 4.39 Å². The summed E-state index contributed by atoms with van der Waals surface area (Å²) >= 11 is 5.85. The van der Waals surface area contributed by atoms with Crippen LogP contribution in [-0.4, -0.2) is 25.1 Å². The van der Waals surface area contributed by atoms with Crippen LogP contribution in [-0.2, 0) is 6.54 Å². The first kappa shape index (κ1) is 17.1. The van der Waals surface area contributed by atoms with Crippen LogP contribution in [0.3, 0.4) is 0 Å². The third-order valence-corrected chi connectivity index (χ3v) is 4.20. The summed E-state index contributed by atoms with van der Waals surface area (Å²) in [7, 11) is 0. The molecule has 0 saturated heterocycles. The van der Waals surface area contributed by atoms with E-state index in [-0.39, 0.29) is 5.02 Å². The maximum Gasteiger partial charge on any atom is 0.181 e. The number of H-pyrrole nitrogens is 1. The zero-order valence-corrected chi connectivity index (χ0v) is 14.8. The predicted octanol–water partition coefficient (Wildman–Crippen LogP) is 4.33. The molecule has 0 bridgehead atoms. The maximum atomic E-state index is 13.4. The third-order valence-electron chi connectivity index (χ3n) is 3.91. The fourth-order valence-electron chi connectivity index (χ4n) is 2.57. The Balaban J connectivity index is 1.60. The maximum absolute atomic E-state index is 13.4. The number of nitrogens with one attached hydrogen (secondary N) is 2. The second kappa shape index (κ2) is 7.51. The summed E-state index contributed by atoms with van der Waals surface area (Å²) < 4.78 is 13.4. The number of aromatic amines is 1. The normalized spacial score (nSPS) is 10.7. The largest absolute Gasteiger partial charge is 0.365 e. The molecule has 0 amide bonds. The van der Waals surface area contributed by atoms with E-state index in [4.69, 9.17) is 11.6 Å². The van der Waals surface area contributed by atoms with E-state index in [1.165, 1.54) is 12.1 Å². The summed E-state index contributed by atoms with van der Waals surface area (Å²) in [6.07, 6.45) is 5.22. The average molecular weight is 381 g/mol. The lowest BCUT2D eigenvalue weighted by molar-refractivity contribution is 0.628. The number of hydrogen-bond donors (Lipinski definition) is 2. The van der Waals surface area contributed by atoms with Crippen LogP contribution in [0.2, 0.25) is 5.02 Å². The Morgan fingerprint density at radius 2 is 2.00 bits per heavy atom. The van der Waals surface area contributed by atoms with Gasteiger partial charge in [0, 0.05) is 30.7 Å². The van der Waals surface area contributed by atoms with Gasteiger partial charge in [0.05, 0.1) is 10.6 Å². The van der Waals surface area contributed by atoms with Crippen molar-refractivity contribution in [3.8, 4) is 22.8 Å². The Labute approximate surface area is 159 Å². The topological polar surface area (TPSA) is 79.4 Å². The van der Waals surface area contributed by atoms with Crippen LogP contribution in [0, 0.1) is 5.82 Å². The molecule has 3 heterocycles. The molecule has 27 heavy (non-hydrogen) atoms. The fraction of sp³-hybridized carbons (Fsp3) is 0.0526. The molecule has 1 aromatic carbocycles. The van der Waals surface area contributed by atoms with E-state index in [9.17, 15) is 4.39 Å². The highest BCUT2D eigenvalue weighted by Gasteiger charge is 2.13. The van der Waals surface area contributed by atoms with Crippen molar-refractivity contribution in [2.24, 2.45) is 0 Å². The molecule has 0 fully saturated rings. The van der Waals surface area contributed by atoms with Crippen LogP contribution in [0.1, 0.15) is 5.56 Å². The van der Waals surface area contributed by atoms with Crippen molar-refractivity contribution in [2.75, 3.05) is 5.32 Å². The lowest BCUT2D eigenvalue weighted by Gasteiger charge is -2.08. The standard InChI is InChI=1S/C19H14ClFN6/c20-15-9-13(5-6-16(15)21)17-25-19(27-26-17)14-4-2-8-23-18(14)24-11-12-3-1-7-22-10-12/h1-10H,11H2,(H,23,24)(H,25,26,27). The predicted molar refractivity (Wildman–Crippen MR) is 102 cm³/mol. The lowest BCUT2D eigenvalue weighted by Crippen LogP contribution is -2.03. The zero-order valence-electron chi connectivity index (χ0n) is 14.0. The molecule has 0 aliphatic carbocycles. The first-order valence-electron chi connectivity index (χ1n) is 8.17. The van der Waals surface area contributed by atoms with Crippen molar-refractivity contribution in [1.29, 1.82) is 0 Å². The van der Waals surface area contributed by atoms with Crippen molar-refractivity contribution in [2.45, 2.75) is 6.54 Å². The number of rotatable bonds is 5. The fourth-order valence-corrected chi connectivity index (χ4v) is 2.75. The molecule has 2 N–H and O–H groups in total. The van der Waals surface area contributed by atoms with Crippen molar-refractivity contribution in [3.05, 3.63) is 77.5 Å². The number of benzene rings is 1. The van der Waals surface area contributed by atoms with Gasteiger partial charge >= 0.3 is 0 Å². The minimum Gasteiger partial charge on any atom is -0.365 e. The van der Waals surface area contributed by atoms with E-state index in [2.05, 4.69) is 30.5 Å². The first-order chi connectivity index (χ1) is 13.2. The Kier molecular flexibility index (Phi) is 4.76. The van der Waals surface area contributed by atoms with Gasteiger partial charge in [-0.3, -0.25) is 10.1 Å². The highest BCUT2D eigenvalue weighted by atomic mass is 35.5. The molecule has 4 aromatic rings. The van der Waals surface area contributed by atoms with Crippen LogP contribution < -0.4 is 5.32 Å². The molecule has 8 heteroatoms. The molecule has 134 valence electrons. The van der Waals surface area contributed by atoms with Gasteiger partial charge in [0.25, 0.3) is 0 Å². The summed E-state index contributed by atoms with van der Waals surface area (Å²) in [6, 6.07) is 11.9. The van der Waals surface area contributed by atoms with E-state index in [1.54, 1.807) is 24.7 Å². The smallest absolute Gasteiger partial charge is 0.181 e. The molecular formula is C19H14ClFN6. The summed E-state index contributed by atoms with van der Waals surface area (Å²) in [4.78, 5) is 13.0. The summed E-state index contributed by atoms with van der Waals surface area (Å²) in [5.41, 5.74) is 2.43. The minimum absolute atomic E-state index is 0.0269. The number of anilines is 1. The van der Waals surface area contributed by atoms with Crippen molar-refractivity contribution in [1.82, 2.24) is 25.1 Å². The van der Waals surface area contributed by atoms with Gasteiger partial charge in [-0.2, -0.15) is 5.10 Å². The molecule has 4 rings (SSSR count). The van der Waals surface area contributed by atoms with E-state index >= 15 is 0 Å². The Morgan fingerprint density at radius 3 is 2.81 bits per heavy atom. The quantitative estimate of drug-likeness (QED) is 0.538. The Morgan fingerprint density at radius 1 is 1.11 bits per heavy atom. The third kappa shape index (κ3) is 3.78. The first-order valence-corrected chi connectivity index (χ1v) is 8.54. The van der Waals surface area contributed by atoms with E-state index < -0.39 is 5.82 Å². The van der Waals surface area contributed by atoms with Gasteiger partial charge in [0.15, 0.2) is 11.6 Å². The van der Waals surface area contributed by atoms with Gasteiger partial charge in [-0.05, 0) is 42.0 Å². The van der Waals surface area contributed by atoms with Gasteiger partial charge in [0.2, 0.25) is 0 Å². The number of pyridine rings is 2. The Bertz CT molecular complexity index is 1070. The summed E-state index contributed by atoms with van der Waals surface area (Å²) in [5.74, 6) is 1.16. The van der Waals surface area contributed by atoms with Gasteiger partial charge in [-0.25, -0.2) is 14.4 Å². The highest BCUT2D eigenvalue weighted by molar-refractivity contribution is 6.31. The number of halogens is 2. The van der Waals surface area contributed by atoms with Crippen LogP contribution >= 0.6 is 11.6 Å². The molecule has 0 aliphatic rings. The molecule has 0 saturated carbocycles. The highest BCUT2D eigenvalue weighted by Crippen LogP contribution is 2.27. The molecule has 3 aromatic heterocycles. The number of hydrogen-bond acceptors (Lipinski definition) is 5. The van der Waals surface area contributed by atoms with Crippen LogP contribution in [0.4, 0.5) is 10.2 Å². The van der Waals surface area contributed by atoms with Crippen molar-refractivity contribution >= 4 is 17.4 Å². The molecule has 0 atom stereocenters. The van der Waals surface area contributed by atoms with Crippen LogP contribution in [0.5, 0.6) is 0 Å². The van der Waals surface area contributed by atoms with E-state index in [1.807, 2.05) is 24.3 Å². The van der Waals surface area contributed by atoms with E-state index in [0.717, 1.165) is 11.1 Å². The average Bonchev–Trinajstić information content (AvgIpc) is 3.19. The molecule has 6 nitrogen and oxygen atoms in total. The molecule has 0 radical (unpaired) electrons. The van der Waals surface area contributed by atoms with E-state index in [0.29, 0.717) is 29.6 Å². The summed E-state index contributed by atoms with van der Waals surface area (Å²) in [5, 5.41) is 10.4. The summed E-state index contributed by atoms with van der Waals surface area (Å²) in [6.45, 7) is 0.576. The number of aromatic nitrogens is 5. The lowest BCUT2D eigenvalue weighted by atomic mass is 10.2. The van der Waals surface area contributed by atoms with Gasteiger partial charge < -0.3 is 5.32 Å². The van der Waals surface area contributed by atoms with Crippen molar-refractivity contribution in [3.63, 3.8) is 0 Å². The Hall–Kier alpha value is -3.32. The second-order valence-corrected chi connectivity index (χ2v) is 6.16. The monoisotopic (exact) mass is 380 g/mol. The molecular weight excluding hydrogens is 367 g/mol. The van der Waals surface area contributed by atoms with Gasteiger partial charge in [-0.15, -0.1) is 0 Å². The van der Waals surface area contributed by atoms with Gasteiger partial charge in [-0.1, -0.05) is 17.7 Å². The molecule has 0 aliphatic heterocycles. The minimum atomic E-state index is -0.481. The number of nitrogens with zero attached hydrogens (tertiary/aromatic N) is 4. The zero-order chi connectivity index (χ0) is 18.6. The van der Waals surface area contributed by atoms with Crippen LogP contribution in [0.25, 0.3) is 22.8 Å². The van der Waals surface area contributed by atoms with Gasteiger partial charge in [0.1, 0.15) is 11.6 Å². The SMILES string of the molecule is Fc1ccc(-c2n[nH]c(-c3cccnc3NCc3cccnc3)n2)cc1Cl. The van der Waals surface area contributed by atoms with Crippen LogP contribution in [0.15, 0.2) is 61.1 Å². The second-order valence-electron chi connectivity index (χ2n) is 5.75.